The number of nitrogens with zero attached hydrogens (tertiary/aromatic N) is 2. The third-order valence-corrected chi connectivity index (χ3v) is 7.16. The van der Waals surface area contributed by atoms with E-state index >= 15 is 0 Å². The molecule has 2 aliphatic heterocycles. The number of methoxy groups -OCH3 is 1. The van der Waals surface area contributed by atoms with E-state index in [9.17, 15) is 8.42 Å². The van der Waals surface area contributed by atoms with Gasteiger partial charge in [0.25, 0.3) is 10.0 Å². The van der Waals surface area contributed by atoms with Gasteiger partial charge in [0, 0.05) is 30.3 Å². The summed E-state index contributed by atoms with van der Waals surface area (Å²) in [5.74, 6) is 0.304. The van der Waals surface area contributed by atoms with Gasteiger partial charge in [0.05, 0.1) is 12.8 Å². The van der Waals surface area contributed by atoms with E-state index in [0.29, 0.717) is 23.7 Å². The minimum Gasteiger partial charge on any atom is -0.495 e. The van der Waals surface area contributed by atoms with Gasteiger partial charge in [0.2, 0.25) is 0 Å². The SMILES string of the molecule is COc1ccc(Cl)cc1S(=O)(=O)N1CCc2ccc(N3CCCC3)cc21. The highest BCUT2D eigenvalue weighted by atomic mass is 35.5. The fourth-order valence-electron chi connectivity index (χ4n) is 3.73. The lowest BCUT2D eigenvalue weighted by Gasteiger charge is -2.23. The van der Waals surface area contributed by atoms with Crippen molar-refractivity contribution in [2.24, 2.45) is 0 Å². The number of hydrogen-bond donors (Lipinski definition) is 0. The van der Waals surface area contributed by atoms with Gasteiger partial charge in [-0.05, 0) is 55.2 Å². The molecule has 0 amide bonds. The summed E-state index contributed by atoms with van der Waals surface area (Å²) < 4.78 is 33.4. The third-order valence-electron chi connectivity index (χ3n) is 5.09. The van der Waals surface area contributed by atoms with Crippen molar-refractivity contribution in [2.75, 3.05) is 35.9 Å². The van der Waals surface area contributed by atoms with Gasteiger partial charge in [-0.3, -0.25) is 4.31 Å². The van der Waals surface area contributed by atoms with Gasteiger partial charge in [0.1, 0.15) is 10.6 Å². The van der Waals surface area contributed by atoms with Crippen LogP contribution in [0.25, 0.3) is 0 Å². The molecular formula is C19H21ClN2O3S. The van der Waals surface area contributed by atoms with Crippen LogP contribution in [-0.4, -0.2) is 35.2 Å². The summed E-state index contributed by atoms with van der Waals surface area (Å²) in [6.07, 6.45) is 3.06. The number of benzene rings is 2. The second-order valence-corrected chi connectivity index (χ2v) is 8.90. The number of halogens is 1. The standard InChI is InChI=1S/C19H21ClN2O3S/c1-25-18-7-5-15(20)12-19(18)26(23,24)22-11-8-14-4-6-16(13-17(14)22)21-9-2-3-10-21/h4-7,12-13H,2-3,8-11H2,1H3. The molecule has 2 aromatic rings. The minimum absolute atomic E-state index is 0.104. The molecule has 4 rings (SSSR count). The molecule has 2 aromatic carbocycles. The molecule has 138 valence electrons. The molecule has 0 bridgehead atoms. The van der Waals surface area contributed by atoms with E-state index in [1.54, 1.807) is 12.1 Å². The molecule has 7 heteroatoms. The van der Waals surface area contributed by atoms with Crippen molar-refractivity contribution in [3.05, 3.63) is 47.0 Å². The van der Waals surface area contributed by atoms with Crippen molar-refractivity contribution in [3.8, 4) is 5.75 Å². The Labute approximate surface area is 159 Å². The summed E-state index contributed by atoms with van der Waals surface area (Å²) in [6.45, 7) is 2.47. The quantitative estimate of drug-likeness (QED) is 0.796. The molecule has 0 N–H and O–H groups in total. The zero-order valence-corrected chi connectivity index (χ0v) is 16.2. The summed E-state index contributed by atoms with van der Waals surface area (Å²) in [5, 5.41) is 0.370. The number of hydrogen-bond acceptors (Lipinski definition) is 4. The summed E-state index contributed by atoms with van der Waals surface area (Å²) in [4.78, 5) is 2.41. The van der Waals surface area contributed by atoms with Gasteiger partial charge in [-0.15, -0.1) is 0 Å². The van der Waals surface area contributed by atoms with Crippen LogP contribution in [0, 0.1) is 0 Å². The molecule has 0 unspecified atom stereocenters. The Kier molecular flexibility index (Phi) is 4.49. The number of rotatable bonds is 4. The average Bonchev–Trinajstić information content (AvgIpc) is 3.31. The maximum atomic E-state index is 13.3. The van der Waals surface area contributed by atoms with Crippen molar-refractivity contribution >= 4 is 33.0 Å². The van der Waals surface area contributed by atoms with Gasteiger partial charge in [-0.25, -0.2) is 8.42 Å². The number of ether oxygens (including phenoxy) is 1. The fourth-order valence-corrected chi connectivity index (χ4v) is 5.65. The summed E-state index contributed by atoms with van der Waals surface area (Å²) >= 11 is 6.05. The van der Waals surface area contributed by atoms with E-state index in [-0.39, 0.29) is 4.90 Å². The molecule has 0 atom stereocenters. The lowest BCUT2D eigenvalue weighted by atomic mass is 10.1. The highest BCUT2D eigenvalue weighted by molar-refractivity contribution is 7.93. The number of sulfonamides is 1. The Balaban J connectivity index is 1.76. The van der Waals surface area contributed by atoms with Crippen LogP contribution in [0.15, 0.2) is 41.3 Å². The first-order valence-electron chi connectivity index (χ1n) is 8.75. The van der Waals surface area contributed by atoms with Crippen molar-refractivity contribution in [1.82, 2.24) is 0 Å². The maximum Gasteiger partial charge on any atom is 0.268 e. The lowest BCUT2D eigenvalue weighted by Crippen LogP contribution is -2.29. The van der Waals surface area contributed by atoms with Gasteiger partial charge in [-0.2, -0.15) is 0 Å². The molecule has 2 heterocycles. The van der Waals surface area contributed by atoms with Crippen LogP contribution >= 0.6 is 11.6 Å². The van der Waals surface area contributed by atoms with Crippen molar-refractivity contribution in [1.29, 1.82) is 0 Å². The molecule has 5 nitrogen and oxygen atoms in total. The number of anilines is 2. The molecule has 1 saturated heterocycles. The van der Waals surface area contributed by atoms with Crippen LogP contribution in [0.1, 0.15) is 18.4 Å². The zero-order valence-electron chi connectivity index (χ0n) is 14.6. The van der Waals surface area contributed by atoms with Gasteiger partial charge < -0.3 is 9.64 Å². The monoisotopic (exact) mass is 392 g/mol. The summed E-state index contributed by atoms with van der Waals surface area (Å²) in [5.41, 5.74) is 2.90. The van der Waals surface area contributed by atoms with E-state index in [1.165, 1.54) is 30.3 Å². The predicted molar refractivity (Wildman–Crippen MR) is 104 cm³/mol. The normalized spacial score (nSPS) is 16.8. The minimum atomic E-state index is -3.75. The predicted octanol–water partition coefficient (Wildman–Crippen LogP) is 3.70. The van der Waals surface area contributed by atoms with Gasteiger partial charge in [-0.1, -0.05) is 17.7 Å². The molecule has 0 aliphatic carbocycles. The van der Waals surface area contributed by atoms with E-state index in [4.69, 9.17) is 16.3 Å². The fraction of sp³-hybridized carbons (Fsp3) is 0.368. The van der Waals surface area contributed by atoms with E-state index in [1.807, 2.05) is 12.1 Å². The van der Waals surface area contributed by atoms with Crippen LogP contribution in [0.5, 0.6) is 5.75 Å². The van der Waals surface area contributed by atoms with E-state index in [0.717, 1.165) is 30.0 Å². The molecule has 0 aromatic heterocycles. The highest BCUT2D eigenvalue weighted by Crippen LogP contribution is 2.39. The highest BCUT2D eigenvalue weighted by Gasteiger charge is 2.33. The largest absolute Gasteiger partial charge is 0.495 e. The van der Waals surface area contributed by atoms with Crippen molar-refractivity contribution < 1.29 is 13.2 Å². The van der Waals surface area contributed by atoms with Gasteiger partial charge in [0.15, 0.2) is 0 Å². The average molecular weight is 393 g/mol. The Hall–Kier alpha value is -1.92. The topological polar surface area (TPSA) is 49.9 Å². The smallest absolute Gasteiger partial charge is 0.268 e. The first-order valence-corrected chi connectivity index (χ1v) is 10.6. The molecule has 26 heavy (non-hydrogen) atoms. The maximum absolute atomic E-state index is 13.3. The Bertz CT molecular complexity index is 940. The Morgan fingerprint density at radius 3 is 2.54 bits per heavy atom. The van der Waals surface area contributed by atoms with Crippen molar-refractivity contribution in [3.63, 3.8) is 0 Å². The first kappa shape index (κ1) is 17.5. The van der Waals surface area contributed by atoms with Crippen LogP contribution < -0.4 is 13.9 Å². The second kappa shape index (κ2) is 6.67. The first-order chi connectivity index (χ1) is 12.5. The van der Waals surface area contributed by atoms with Crippen LogP contribution in [0.2, 0.25) is 5.02 Å². The second-order valence-electron chi connectivity index (χ2n) is 6.63. The molecule has 0 saturated carbocycles. The zero-order chi connectivity index (χ0) is 18.3. The third kappa shape index (κ3) is 2.91. The summed E-state index contributed by atoms with van der Waals surface area (Å²) in [7, 11) is -2.29. The lowest BCUT2D eigenvalue weighted by molar-refractivity contribution is 0.402. The van der Waals surface area contributed by atoms with E-state index in [2.05, 4.69) is 11.0 Å². The summed E-state index contributed by atoms with van der Waals surface area (Å²) in [6, 6.07) is 10.8. The molecule has 2 aliphatic rings. The van der Waals surface area contributed by atoms with E-state index < -0.39 is 10.0 Å². The van der Waals surface area contributed by atoms with Crippen LogP contribution in [0.3, 0.4) is 0 Å². The Morgan fingerprint density at radius 2 is 1.81 bits per heavy atom. The van der Waals surface area contributed by atoms with Crippen LogP contribution in [-0.2, 0) is 16.4 Å². The molecular weight excluding hydrogens is 372 g/mol. The molecule has 1 fully saturated rings. The Morgan fingerprint density at radius 1 is 1.04 bits per heavy atom. The number of fused-ring (bicyclic) bond motifs is 1. The molecule has 0 radical (unpaired) electrons. The van der Waals surface area contributed by atoms with Crippen molar-refractivity contribution in [2.45, 2.75) is 24.2 Å². The van der Waals surface area contributed by atoms with Gasteiger partial charge >= 0.3 is 0 Å². The molecule has 0 spiro atoms. The van der Waals surface area contributed by atoms with Crippen LogP contribution in [0.4, 0.5) is 11.4 Å².